The minimum absolute atomic E-state index is 0.0107. The minimum Gasteiger partial charge on any atom is -0.378 e. The molecule has 0 aromatic heterocycles. The first kappa shape index (κ1) is 12.6. The highest BCUT2D eigenvalue weighted by molar-refractivity contribution is 6.34. The highest BCUT2D eigenvalue weighted by Gasteiger charge is 2.24. The van der Waals surface area contributed by atoms with Crippen molar-refractivity contribution in [2.45, 2.75) is 31.8 Å². The number of ether oxygens (including phenoxy) is 1. The van der Waals surface area contributed by atoms with Crippen molar-refractivity contribution >= 4 is 29.0 Å². The maximum Gasteiger partial charge on any atom is 0.228 e. The van der Waals surface area contributed by atoms with Crippen LogP contribution in [0.25, 0.3) is 0 Å². The Morgan fingerprint density at radius 3 is 3.05 bits per heavy atom. The Morgan fingerprint density at radius 2 is 2.32 bits per heavy atom. The zero-order chi connectivity index (χ0) is 13.4. The molecule has 0 aliphatic carbocycles. The van der Waals surface area contributed by atoms with Crippen molar-refractivity contribution in [2.24, 2.45) is 0 Å². The van der Waals surface area contributed by atoms with E-state index in [4.69, 9.17) is 16.3 Å². The zero-order valence-corrected chi connectivity index (χ0v) is 11.1. The number of ketones is 1. The van der Waals surface area contributed by atoms with Crippen molar-refractivity contribution in [3.05, 3.63) is 28.3 Å². The van der Waals surface area contributed by atoms with Gasteiger partial charge in [0.2, 0.25) is 5.91 Å². The van der Waals surface area contributed by atoms with E-state index >= 15 is 0 Å². The average Bonchev–Trinajstić information content (AvgIpc) is 2.96. The number of nitrogens with one attached hydrogen (secondary N) is 1. The minimum atomic E-state index is -0.0604. The lowest BCUT2D eigenvalue weighted by molar-refractivity contribution is -0.115. The van der Waals surface area contributed by atoms with Crippen molar-refractivity contribution in [3.63, 3.8) is 0 Å². The molecular formula is C14H14ClNO3. The molecule has 2 heterocycles. The molecule has 0 radical (unpaired) electrons. The van der Waals surface area contributed by atoms with Gasteiger partial charge in [-0.2, -0.15) is 0 Å². The number of halogens is 1. The molecule has 0 spiro atoms. The Balaban J connectivity index is 1.82. The number of rotatable bonds is 3. The number of hydrogen-bond acceptors (Lipinski definition) is 3. The molecule has 0 bridgehead atoms. The molecule has 1 atom stereocenters. The number of fused-ring (bicyclic) bond motifs is 1. The second-order valence-electron chi connectivity index (χ2n) is 4.98. The van der Waals surface area contributed by atoms with Gasteiger partial charge in [-0.1, -0.05) is 11.6 Å². The summed E-state index contributed by atoms with van der Waals surface area (Å²) in [5.41, 5.74) is 2.04. The van der Waals surface area contributed by atoms with Crippen LogP contribution in [0.5, 0.6) is 0 Å². The predicted octanol–water partition coefficient (Wildman–Crippen LogP) is 2.59. The lowest BCUT2D eigenvalue weighted by atomic mass is 10.0. The van der Waals surface area contributed by atoms with Crippen LogP contribution < -0.4 is 5.32 Å². The summed E-state index contributed by atoms with van der Waals surface area (Å²) in [7, 11) is 0. The number of carbonyl (C=O) groups is 2. The SMILES string of the molecule is O=C1Cc2cc(C(=O)CC3CCCO3)c(Cl)cc2N1. The van der Waals surface area contributed by atoms with Gasteiger partial charge in [0.25, 0.3) is 0 Å². The monoisotopic (exact) mass is 279 g/mol. The van der Waals surface area contributed by atoms with Gasteiger partial charge in [-0.05, 0) is 30.5 Å². The summed E-state index contributed by atoms with van der Waals surface area (Å²) in [5, 5.41) is 3.11. The molecule has 2 aliphatic rings. The fraction of sp³-hybridized carbons (Fsp3) is 0.429. The Hall–Kier alpha value is -1.39. The number of benzene rings is 1. The molecule has 1 aromatic rings. The summed E-state index contributed by atoms with van der Waals surface area (Å²) >= 11 is 6.12. The topological polar surface area (TPSA) is 55.4 Å². The first-order valence-corrected chi connectivity index (χ1v) is 6.78. The molecule has 1 saturated heterocycles. The molecule has 4 nitrogen and oxygen atoms in total. The molecule has 1 aromatic carbocycles. The highest BCUT2D eigenvalue weighted by Crippen LogP contribution is 2.31. The Morgan fingerprint density at radius 1 is 1.47 bits per heavy atom. The summed E-state index contributed by atoms with van der Waals surface area (Å²) in [5.74, 6) is -0.0751. The predicted molar refractivity (Wildman–Crippen MR) is 71.7 cm³/mol. The van der Waals surface area contributed by atoms with E-state index in [2.05, 4.69) is 5.32 Å². The van der Waals surface area contributed by atoms with Gasteiger partial charge in [0, 0.05) is 24.3 Å². The summed E-state index contributed by atoms with van der Waals surface area (Å²) in [6, 6.07) is 3.39. The third-order valence-corrected chi connectivity index (χ3v) is 3.87. The molecule has 2 aliphatic heterocycles. The fourth-order valence-corrected chi connectivity index (χ4v) is 2.85. The van der Waals surface area contributed by atoms with Crippen LogP contribution in [-0.2, 0) is 16.0 Å². The normalized spacial score (nSPS) is 21.3. The molecule has 1 fully saturated rings. The van der Waals surface area contributed by atoms with Crippen LogP contribution in [0.3, 0.4) is 0 Å². The lowest BCUT2D eigenvalue weighted by Crippen LogP contribution is -2.13. The molecule has 3 rings (SSSR count). The van der Waals surface area contributed by atoms with E-state index in [0.717, 1.165) is 25.0 Å². The maximum atomic E-state index is 12.2. The molecule has 100 valence electrons. The van der Waals surface area contributed by atoms with Crippen LogP contribution >= 0.6 is 11.6 Å². The van der Waals surface area contributed by atoms with Gasteiger partial charge in [0.1, 0.15) is 0 Å². The van der Waals surface area contributed by atoms with Gasteiger partial charge in [-0.15, -0.1) is 0 Å². The Bertz CT molecular complexity index is 550. The van der Waals surface area contributed by atoms with Crippen LogP contribution in [0.1, 0.15) is 35.2 Å². The van der Waals surface area contributed by atoms with Gasteiger partial charge < -0.3 is 10.1 Å². The van der Waals surface area contributed by atoms with E-state index in [1.54, 1.807) is 12.1 Å². The largest absolute Gasteiger partial charge is 0.378 e. The van der Waals surface area contributed by atoms with Crippen molar-refractivity contribution in [1.82, 2.24) is 0 Å². The van der Waals surface area contributed by atoms with E-state index in [1.807, 2.05) is 0 Å². The highest BCUT2D eigenvalue weighted by atomic mass is 35.5. The van der Waals surface area contributed by atoms with E-state index in [-0.39, 0.29) is 17.8 Å². The van der Waals surface area contributed by atoms with Gasteiger partial charge in [-0.3, -0.25) is 9.59 Å². The van der Waals surface area contributed by atoms with Crippen molar-refractivity contribution in [3.8, 4) is 0 Å². The molecule has 1 unspecified atom stereocenters. The van der Waals surface area contributed by atoms with Gasteiger partial charge >= 0.3 is 0 Å². The van der Waals surface area contributed by atoms with Gasteiger partial charge in [0.15, 0.2) is 5.78 Å². The van der Waals surface area contributed by atoms with Crippen LogP contribution in [-0.4, -0.2) is 24.4 Å². The second kappa shape index (κ2) is 4.94. The number of hydrogen-bond donors (Lipinski definition) is 1. The summed E-state index contributed by atoms with van der Waals surface area (Å²) in [4.78, 5) is 23.5. The molecule has 0 saturated carbocycles. The van der Waals surface area contributed by atoms with Crippen molar-refractivity contribution in [1.29, 1.82) is 0 Å². The quantitative estimate of drug-likeness (QED) is 0.865. The van der Waals surface area contributed by atoms with Crippen molar-refractivity contribution < 1.29 is 14.3 Å². The van der Waals surface area contributed by atoms with Crippen LogP contribution in [0.15, 0.2) is 12.1 Å². The first-order chi connectivity index (χ1) is 9.13. The Labute approximate surface area is 116 Å². The second-order valence-corrected chi connectivity index (χ2v) is 5.38. The van der Waals surface area contributed by atoms with E-state index in [9.17, 15) is 9.59 Å². The fourth-order valence-electron chi connectivity index (χ4n) is 2.58. The summed E-state index contributed by atoms with van der Waals surface area (Å²) in [6.07, 6.45) is 2.62. The van der Waals surface area contributed by atoms with Crippen LogP contribution in [0.4, 0.5) is 5.69 Å². The van der Waals surface area contributed by atoms with Crippen LogP contribution in [0, 0.1) is 0 Å². The number of carbonyl (C=O) groups excluding carboxylic acids is 2. The summed E-state index contributed by atoms with van der Waals surface area (Å²) in [6.45, 7) is 0.730. The number of anilines is 1. The summed E-state index contributed by atoms with van der Waals surface area (Å²) < 4.78 is 5.46. The van der Waals surface area contributed by atoms with E-state index in [1.165, 1.54) is 0 Å². The molecule has 19 heavy (non-hydrogen) atoms. The number of Topliss-reactive ketones (excluding diaryl/α,β-unsaturated/α-hetero) is 1. The third kappa shape index (κ3) is 2.51. The van der Waals surface area contributed by atoms with E-state index in [0.29, 0.717) is 29.1 Å². The Kier molecular flexibility index (Phi) is 3.29. The van der Waals surface area contributed by atoms with Gasteiger partial charge in [-0.25, -0.2) is 0 Å². The molecule has 1 N–H and O–H groups in total. The van der Waals surface area contributed by atoms with Crippen molar-refractivity contribution in [2.75, 3.05) is 11.9 Å². The van der Waals surface area contributed by atoms with E-state index < -0.39 is 0 Å². The number of amides is 1. The van der Waals surface area contributed by atoms with Gasteiger partial charge in [0.05, 0.1) is 17.5 Å². The third-order valence-electron chi connectivity index (χ3n) is 3.56. The smallest absolute Gasteiger partial charge is 0.228 e. The lowest BCUT2D eigenvalue weighted by Gasteiger charge is -2.10. The van der Waals surface area contributed by atoms with Crippen LogP contribution in [0.2, 0.25) is 5.02 Å². The zero-order valence-electron chi connectivity index (χ0n) is 10.4. The first-order valence-electron chi connectivity index (χ1n) is 6.40. The standard InChI is InChI=1S/C14H14ClNO3/c15-11-7-12-8(5-14(18)16-12)4-10(11)13(17)6-9-2-1-3-19-9/h4,7,9H,1-3,5-6H2,(H,16,18). The maximum absolute atomic E-state index is 12.2. The molecular weight excluding hydrogens is 266 g/mol. The molecule has 1 amide bonds. The molecule has 5 heteroatoms. The average molecular weight is 280 g/mol.